The second kappa shape index (κ2) is 5.87. The van der Waals surface area contributed by atoms with E-state index in [1.807, 2.05) is 0 Å². The van der Waals surface area contributed by atoms with E-state index in [1.54, 1.807) is 0 Å². The van der Waals surface area contributed by atoms with Crippen LogP contribution < -0.4 is 0 Å². The molecule has 0 heterocycles. The van der Waals surface area contributed by atoms with Crippen LogP contribution in [0.25, 0.3) is 0 Å². The molecule has 22 heavy (non-hydrogen) atoms. The van der Waals surface area contributed by atoms with E-state index >= 15 is 0 Å². The lowest BCUT2D eigenvalue weighted by molar-refractivity contribution is -0.384. The maximum absolute atomic E-state index is 10.8. The van der Waals surface area contributed by atoms with Crippen LogP contribution in [0.5, 0.6) is 11.5 Å². The fraction of sp³-hybridized carbons (Fsp3) is 0. The number of nitro groups is 1. The van der Waals surface area contributed by atoms with Crippen LogP contribution in [-0.2, 0) is 0 Å². The highest BCUT2D eigenvalue weighted by atomic mass is 16.6. The van der Waals surface area contributed by atoms with Crippen molar-refractivity contribution in [2.75, 3.05) is 0 Å². The molecule has 0 aliphatic rings. The van der Waals surface area contributed by atoms with E-state index in [0.29, 0.717) is 0 Å². The summed E-state index contributed by atoms with van der Waals surface area (Å²) in [6, 6.07) is 7.72. The number of carboxylic acids is 1. The molecule has 2 rings (SSSR count). The zero-order valence-electron chi connectivity index (χ0n) is 10.9. The number of azo groups is 1. The Morgan fingerprint density at radius 3 is 2.27 bits per heavy atom. The minimum Gasteiger partial charge on any atom is -0.504 e. The number of hydrogen-bond acceptors (Lipinski definition) is 7. The lowest BCUT2D eigenvalue weighted by Gasteiger charge is -2.04. The molecule has 0 fully saturated rings. The van der Waals surface area contributed by atoms with Gasteiger partial charge in [0, 0.05) is 6.07 Å². The molecule has 2 aromatic rings. The van der Waals surface area contributed by atoms with Crippen LogP contribution >= 0.6 is 0 Å². The van der Waals surface area contributed by atoms with Crippen molar-refractivity contribution in [3.63, 3.8) is 0 Å². The predicted molar refractivity (Wildman–Crippen MR) is 74.0 cm³/mol. The van der Waals surface area contributed by atoms with Crippen molar-refractivity contribution in [2.24, 2.45) is 10.2 Å². The number of para-hydroxylation sites is 1. The molecular formula is C13H9N3O6. The van der Waals surface area contributed by atoms with Crippen molar-refractivity contribution in [3.8, 4) is 11.5 Å². The van der Waals surface area contributed by atoms with Gasteiger partial charge in [0.25, 0.3) is 5.69 Å². The van der Waals surface area contributed by atoms with Gasteiger partial charge in [-0.25, -0.2) is 4.79 Å². The molecule has 0 aromatic heterocycles. The normalized spacial score (nSPS) is 10.7. The minimum atomic E-state index is -1.42. The molecule has 0 spiro atoms. The van der Waals surface area contributed by atoms with E-state index in [2.05, 4.69) is 10.2 Å². The minimum absolute atomic E-state index is 0.0475. The number of carboxylic acid groups (broad SMARTS) is 1. The van der Waals surface area contributed by atoms with Crippen molar-refractivity contribution >= 4 is 23.0 Å². The molecule has 9 heteroatoms. The molecule has 0 atom stereocenters. The highest BCUT2D eigenvalue weighted by Gasteiger charge is 2.17. The molecule has 0 aliphatic heterocycles. The summed E-state index contributed by atoms with van der Waals surface area (Å²) in [4.78, 5) is 21.0. The van der Waals surface area contributed by atoms with Gasteiger partial charge in [-0.1, -0.05) is 12.1 Å². The van der Waals surface area contributed by atoms with Gasteiger partial charge in [-0.2, -0.15) is 0 Å². The topological polar surface area (TPSA) is 146 Å². The van der Waals surface area contributed by atoms with Gasteiger partial charge in [0.2, 0.25) is 0 Å². The lowest BCUT2D eigenvalue weighted by atomic mass is 10.1. The number of nitrogens with zero attached hydrogens (tertiary/aromatic N) is 3. The van der Waals surface area contributed by atoms with Crippen LogP contribution in [-0.4, -0.2) is 26.2 Å². The van der Waals surface area contributed by atoms with E-state index in [0.717, 1.165) is 12.1 Å². The van der Waals surface area contributed by atoms with E-state index in [9.17, 15) is 25.1 Å². The second-order valence-electron chi connectivity index (χ2n) is 4.08. The molecule has 9 nitrogen and oxygen atoms in total. The smallest absolute Gasteiger partial charge is 0.339 e. The number of benzene rings is 2. The van der Waals surface area contributed by atoms with Crippen LogP contribution in [0.3, 0.4) is 0 Å². The fourth-order valence-corrected chi connectivity index (χ4v) is 1.63. The molecule has 0 amide bonds. The third-order valence-corrected chi connectivity index (χ3v) is 2.70. The van der Waals surface area contributed by atoms with Crippen molar-refractivity contribution in [1.82, 2.24) is 0 Å². The molecule has 0 aliphatic carbocycles. The molecule has 0 unspecified atom stereocenters. The number of nitro benzene ring substituents is 1. The molecule has 0 radical (unpaired) electrons. The van der Waals surface area contributed by atoms with Crippen molar-refractivity contribution < 1.29 is 25.0 Å². The quantitative estimate of drug-likeness (QED) is 0.342. The Balaban J connectivity index is 2.42. The number of rotatable bonds is 4. The van der Waals surface area contributed by atoms with Gasteiger partial charge < -0.3 is 15.3 Å². The van der Waals surface area contributed by atoms with Gasteiger partial charge in [0.1, 0.15) is 11.3 Å². The van der Waals surface area contributed by atoms with Gasteiger partial charge in [0.05, 0.1) is 4.92 Å². The predicted octanol–water partition coefficient (Wildman–Crippen LogP) is 3.12. The summed E-state index contributed by atoms with van der Waals surface area (Å²) < 4.78 is 0. The SMILES string of the molecule is O=C(O)c1ccc(N=Nc2ccccc2[N+](=O)[O-])c(O)c1O. The summed E-state index contributed by atoms with van der Waals surface area (Å²) in [7, 11) is 0. The van der Waals surface area contributed by atoms with Gasteiger partial charge in [-0.15, -0.1) is 10.2 Å². The fourth-order valence-electron chi connectivity index (χ4n) is 1.63. The van der Waals surface area contributed by atoms with E-state index in [1.165, 1.54) is 24.3 Å². The molecule has 0 bridgehead atoms. The first kappa shape index (κ1) is 14.9. The molecule has 0 saturated heterocycles. The second-order valence-corrected chi connectivity index (χ2v) is 4.08. The number of carbonyl (C=O) groups is 1. The van der Waals surface area contributed by atoms with Crippen LogP contribution in [0.15, 0.2) is 46.6 Å². The Bertz CT molecular complexity index is 787. The number of aromatic hydroxyl groups is 2. The Hall–Kier alpha value is -3.49. The number of phenolic OH excluding ortho intramolecular Hbond substituents is 1. The molecule has 2 aromatic carbocycles. The first-order chi connectivity index (χ1) is 10.4. The highest BCUT2D eigenvalue weighted by Crippen LogP contribution is 2.39. The largest absolute Gasteiger partial charge is 0.504 e. The zero-order chi connectivity index (χ0) is 16.3. The summed E-state index contributed by atoms with van der Waals surface area (Å²) in [6.07, 6.45) is 0. The summed E-state index contributed by atoms with van der Waals surface area (Å²) >= 11 is 0. The van der Waals surface area contributed by atoms with Crippen LogP contribution in [0.2, 0.25) is 0 Å². The Morgan fingerprint density at radius 2 is 1.64 bits per heavy atom. The van der Waals surface area contributed by atoms with E-state index in [4.69, 9.17) is 5.11 Å². The van der Waals surface area contributed by atoms with Crippen molar-refractivity contribution in [3.05, 3.63) is 52.1 Å². The summed E-state index contributed by atoms with van der Waals surface area (Å²) in [5, 5.41) is 46.1. The standard InChI is InChI=1S/C13H9N3O6/c17-11-7(13(19)20)5-6-9(12(11)18)15-14-8-3-1-2-4-10(8)16(21)22/h1-6,17-18H,(H,19,20). The van der Waals surface area contributed by atoms with Gasteiger partial charge >= 0.3 is 5.97 Å². The lowest BCUT2D eigenvalue weighted by Crippen LogP contribution is -1.96. The molecule has 112 valence electrons. The first-order valence-corrected chi connectivity index (χ1v) is 5.85. The average molecular weight is 303 g/mol. The van der Waals surface area contributed by atoms with Gasteiger partial charge in [0.15, 0.2) is 17.2 Å². The summed E-state index contributed by atoms with van der Waals surface area (Å²) in [5.74, 6) is -3.05. The number of aromatic carboxylic acids is 1. The third kappa shape index (κ3) is 2.82. The monoisotopic (exact) mass is 303 g/mol. The van der Waals surface area contributed by atoms with Crippen molar-refractivity contribution in [1.29, 1.82) is 0 Å². The van der Waals surface area contributed by atoms with Gasteiger partial charge in [-0.3, -0.25) is 10.1 Å². The molecule has 3 N–H and O–H groups in total. The summed E-state index contributed by atoms with van der Waals surface area (Å²) in [6.45, 7) is 0. The number of phenols is 2. The van der Waals surface area contributed by atoms with E-state index < -0.39 is 28.0 Å². The molecule has 0 saturated carbocycles. The Labute approximate surface area is 122 Å². The number of hydrogen-bond donors (Lipinski definition) is 3. The van der Waals surface area contributed by atoms with Crippen LogP contribution in [0, 0.1) is 10.1 Å². The Morgan fingerprint density at radius 1 is 1.00 bits per heavy atom. The summed E-state index contributed by atoms with van der Waals surface area (Å²) in [5.41, 5.74) is -1.05. The van der Waals surface area contributed by atoms with Gasteiger partial charge in [-0.05, 0) is 18.2 Å². The maximum Gasteiger partial charge on any atom is 0.339 e. The first-order valence-electron chi connectivity index (χ1n) is 5.85. The van der Waals surface area contributed by atoms with E-state index in [-0.39, 0.29) is 17.1 Å². The van der Waals surface area contributed by atoms with Crippen molar-refractivity contribution in [2.45, 2.75) is 0 Å². The maximum atomic E-state index is 10.8. The Kier molecular flexibility index (Phi) is 3.98. The van der Waals surface area contributed by atoms with Crippen LogP contribution in [0.4, 0.5) is 17.1 Å². The highest BCUT2D eigenvalue weighted by molar-refractivity contribution is 5.93. The molecular weight excluding hydrogens is 294 g/mol. The third-order valence-electron chi connectivity index (χ3n) is 2.70. The van der Waals surface area contributed by atoms with Crippen LogP contribution in [0.1, 0.15) is 10.4 Å². The average Bonchev–Trinajstić information content (AvgIpc) is 2.48. The zero-order valence-corrected chi connectivity index (χ0v) is 10.9.